The van der Waals surface area contributed by atoms with E-state index in [1.807, 2.05) is 25.6 Å². The van der Waals surface area contributed by atoms with Crippen molar-refractivity contribution in [3.63, 3.8) is 0 Å². The number of aromatic nitrogens is 2. The molecular formula is C14H21N3O2S2. The Hall–Kier alpha value is -0.890. The molecule has 2 heterocycles. The quantitative estimate of drug-likeness (QED) is 0.645. The number of aryl methyl sites for hydroxylation is 2. The first-order chi connectivity index (χ1) is 10.1. The number of hydrogen-bond donors (Lipinski definition) is 3. The van der Waals surface area contributed by atoms with Crippen molar-refractivity contribution >= 4 is 33.3 Å². The Morgan fingerprint density at radius 2 is 2.19 bits per heavy atom. The minimum Gasteiger partial charge on any atom is -0.396 e. The molecule has 0 aliphatic carbocycles. The Kier molecular flexibility index (Phi) is 6.22. The fourth-order valence-corrected chi connectivity index (χ4v) is 3.88. The zero-order valence-electron chi connectivity index (χ0n) is 12.4. The summed E-state index contributed by atoms with van der Waals surface area (Å²) in [6.07, 6.45) is 0.841. The zero-order chi connectivity index (χ0) is 15.2. The molecule has 0 spiro atoms. The van der Waals surface area contributed by atoms with E-state index in [0.29, 0.717) is 12.4 Å². The third-order valence-electron chi connectivity index (χ3n) is 3.25. The molecule has 0 unspecified atom stereocenters. The van der Waals surface area contributed by atoms with Crippen LogP contribution in [-0.2, 0) is 6.54 Å². The van der Waals surface area contributed by atoms with Gasteiger partial charge < -0.3 is 15.4 Å². The fraction of sp³-hybridized carbons (Fsp3) is 0.571. The summed E-state index contributed by atoms with van der Waals surface area (Å²) in [7, 11) is 0. The summed E-state index contributed by atoms with van der Waals surface area (Å²) in [5.74, 6) is 2.66. The van der Waals surface area contributed by atoms with Crippen molar-refractivity contribution in [3.05, 3.63) is 26.6 Å². The molecule has 2 aromatic heterocycles. The molecule has 0 radical (unpaired) electrons. The van der Waals surface area contributed by atoms with Gasteiger partial charge in [-0.1, -0.05) is 0 Å². The van der Waals surface area contributed by atoms with Gasteiger partial charge in [0, 0.05) is 23.8 Å². The average molecular weight is 327 g/mol. The second-order valence-electron chi connectivity index (χ2n) is 4.84. The van der Waals surface area contributed by atoms with Gasteiger partial charge in [0.25, 0.3) is 5.56 Å². The van der Waals surface area contributed by atoms with Crippen LogP contribution in [0.4, 0.5) is 0 Å². The lowest BCUT2D eigenvalue weighted by Crippen LogP contribution is -2.21. The summed E-state index contributed by atoms with van der Waals surface area (Å²) < 4.78 is 0. The van der Waals surface area contributed by atoms with E-state index in [4.69, 9.17) is 5.11 Å². The summed E-state index contributed by atoms with van der Waals surface area (Å²) >= 11 is 3.38. The number of hydrogen-bond acceptors (Lipinski definition) is 6. The first-order valence-corrected chi connectivity index (χ1v) is 8.99. The SMILES string of the molecule is Cc1sc2nc(CNCCSCCCO)[nH]c(=O)c2c1C. The number of aromatic amines is 1. The molecule has 2 aromatic rings. The van der Waals surface area contributed by atoms with Gasteiger partial charge in [-0.05, 0) is 31.6 Å². The van der Waals surface area contributed by atoms with Gasteiger partial charge in [0.15, 0.2) is 0 Å². The van der Waals surface area contributed by atoms with E-state index < -0.39 is 0 Å². The minimum atomic E-state index is -0.0454. The fourth-order valence-electron chi connectivity index (χ4n) is 2.00. The summed E-state index contributed by atoms with van der Waals surface area (Å²) in [4.78, 5) is 21.4. The van der Waals surface area contributed by atoms with Crippen LogP contribution in [0.1, 0.15) is 22.7 Å². The topological polar surface area (TPSA) is 78.0 Å². The van der Waals surface area contributed by atoms with Crippen molar-refractivity contribution in [1.82, 2.24) is 15.3 Å². The third kappa shape index (κ3) is 4.29. The molecule has 5 nitrogen and oxygen atoms in total. The average Bonchev–Trinajstić information content (AvgIpc) is 2.73. The van der Waals surface area contributed by atoms with Gasteiger partial charge in [0.2, 0.25) is 0 Å². The highest BCUT2D eigenvalue weighted by atomic mass is 32.2. The van der Waals surface area contributed by atoms with Crippen molar-refractivity contribution in [1.29, 1.82) is 0 Å². The molecule has 21 heavy (non-hydrogen) atoms. The molecule has 0 bridgehead atoms. The Morgan fingerprint density at radius 1 is 1.38 bits per heavy atom. The van der Waals surface area contributed by atoms with Crippen molar-refractivity contribution in [2.24, 2.45) is 0 Å². The predicted octanol–water partition coefficient (Wildman–Crippen LogP) is 1.81. The van der Waals surface area contributed by atoms with Gasteiger partial charge in [0.05, 0.1) is 11.9 Å². The summed E-state index contributed by atoms with van der Waals surface area (Å²) in [6.45, 7) is 5.67. The van der Waals surface area contributed by atoms with E-state index in [-0.39, 0.29) is 12.2 Å². The maximum atomic E-state index is 12.1. The number of fused-ring (bicyclic) bond motifs is 1. The number of rotatable bonds is 8. The zero-order valence-corrected chi connectivity index (χ0v) is 14.0. The maximum Gasteiger partial charge on any atom is 0.259 e. The highest BCUT2D eigenvalue weighted by molar-refractivity contribution is 7.99. The van der Waals surface area contributed by atoms with Crippen LogP contribution in [0.25, 0.3) is 10.2 Å². The van der Waals surface area contributed by atoms with Gasteiger partial charge in [-0.25, -0.2) is 4.98 Å². The van der Waals surface area contributed by atoms with Crippen LogP contribution in [0.3, 0.4) is 0 Å². The molecule has 0 aliphatic rings. The highest BCUT2D eigenvalue weighted by Crippen LogP contribution is 2.25. The lowest BCUT2D eigenvalue weighted by atomic mass is 10.2. The second-order valence-corrected chi connectivity index (χ2v) is 7.27. The standard InChI is InChI=1S/C14H21N3O2S2/c1-9-10(2)21-14-12(9)13(19)16-11(17-14)8-15-4-7-20-6-3-5-18/h15,18H,3-8H2,1-2H3,(H,16,17,19). The molecule has 0 saturated heterocycles. The number of H-pyrrole nitrogens is 1. The molecule has 116 valence electrons. The number of aliphatic hydroxyl groups excluding tert-OH is 1. The van der Waals surface area contributed by atoms with E-state index in [1.54, 1.807) is 11.3 Å². The monoisotopic (exact) mass is 327 g/mol. The van der Waals surface area contributed by atoms with Crippen molar-refractivity contribution in [2.75, 3.05) is 24.7 Å². The van der Waals surface area contributed by atoms with Crippen LogP contribution in [-0.4, -0.2) is 39.7 Å². The Balaban J connectivity index is 1.90. The Labute approximate surface area is 132 Å². The maximum absolute atomic E-state index is 12.1. The first kappa shape index (κ1) is 16.5. The molecule has 2 rings (SSSR count). The van der Waals surface area contributed by atoms with Crippen LogP contribution in [0.15, 0.2) is 4.79 Å². The minimum absolute atomic E-state index is 0.0454. The molecule has 0 saturated carbocycles. The Morgan fingerprint density at radius 3 is 2.95 bits per heavy atom. The van der Waals surface area contributed by atoms with Gasteiger partial charge >= 0.3 is 0 Å². The molecule has 0 amide bonds. The molecule has 0 fully saturated rings. The summed E-state index contributed by atoms with van der Waals surface area (Å²) in [6, 6.07) is 0. The van der Waals surface area contributed by atoms with Crippen LogP contribution in [0, 0.1) is 13.8 Å². The Bertz CT molecular complexity index is 651. The summed E-state index contributed by atoms with van der Waals surface area (Å²) in [5.41, 5.74) is 0.986. The van der Waals surface area contributed by atoms with Crippen molar-refractivity contribution in [3.8, 4) is 0 Å². The van der Waals surface area contributed by atoms with E-state index in [0.717, 1.165) is 45.1 Å². The number of nitrogens with zero attached hydrogens (tertiary/aromatic N) is 1. The van der Waals surface area contributed by atoms with Crippen LogP contribution < -0.4 is 10.9 Å². The number of aliphatic hydroxyl groups is 1. The lowest BCUT2D eigenvalue weighted by Gasteiger charge is -2.04. The smallest absolute Gasteiger partial charge is 0.259 e. The second kappa shape index (κ2) is 7.93. The van der Waals surface area contributed by atoms with Crippen molar-refractivity contribution in [2.45, 2.75) is 26.8 Å². The number of thioether (sulfide) groups is 1. The molecule has 0 atom stereocenters. The third-order valence-corrected chi connectivity index (χ3v) is 5.42. The predicted molar refractivity (Wildman–Crippen MR) is 90.4 cm³/mol. The number of thiophene rings is 1. The largest absolute Gasteiger partial charge is 0.396 e. The van der Waals surface area contributed by atoms with E-state index in [9.17, 15) is 4.79 Å². The molecule has 7 heteroatoms. The van der Waals surface area contributed by atoms with Crippen LogP contribution in [0.5, 0.6) is 0 Å². The lowest BCUT2D eigenvalue weighted by molar-refractivity contribution is 0.296. The summed E-state index contributed by atoms with van der Waals surface area (Å²) in [5, 5.41) is 12.7. The van der Waals surface area contributed by atoms with Gasteiger partial charge in [-0.3, -0.25) is 4.79 Å². The van der Waals surface area contributed by atoms with Crippen molar-refractivity contribution < 1.29 is 5.11 Å². The highest BCUT2D eigenvalue weighted by Gasteiger charge is 2.11. The van der Waals surface area contributed by atoms with Crippen LogP contribution in [0.2, 0.25) is 0 Å². The van der Waals surface area contributed by atoms with Gasteiger partial charge in [0.1, 0.15) is 10.7 Å². The molecule has 0 aliphatic heterocycles. The normalized spacial score (nSPS) is 11.4. The van der Waals surface area contributed by atoms with Gasteiger partial charge in [-0.2, -0.15) is 11.8 Å². The van der Waals surface area contributed by atoms with E-state index >= 15 is 0 Å². The van der Waals surface area contributed by atoms with E-state index in [2.05, 4.69) is 15.3 Å². The molecule has 0 aromatic carbocycles. The van der Waals surface area contributed by atoms with Gasteiger partial charge in [-0.15, -0.1) is 11.3 Å². The number of nitrogens with one attached hydrogen (secondary N) is 2. The molecule has 3 N–H and O–H groups in total. The van der Waals surface area contributed by atoms with E-state index in [1.165, 1.54) is 0 Å². The first-order valence-electron chi connectivity index (χ1n) is 7.01. The molecular weight excluding hydrogens is 306 g/mol. The van der Waals surface area contributed by atoms with Crippen LogP contribution >= 0.6 is 23.1 Å².